The van der Waals surface area contributed by atoms with E-state index in [9.17, 15) is 10.1 Å². The first-order chi connectivity index (χ1) is 9.74. The summed E-state index contributed by atoms with van der Waals surface area (Å²) in [5, 5.41) is 10.8. The highest BCUT2D eigenvalue weighted by Gasteiger charge is 2.56. The summed E-state index contributed by atoms with van der Waals surface area (Å²) in [5.41, 5.74) is 0.779. The Hall–Kier alpha value is -1.70. The summed E-state index contributed by atoms with van der Waals surface area (Å²) in [4.78, 5) is 10.4. The van der Waals surface area contributed by atoms with Crippen molar-refractivity contribution >= 4 is 5.69 Å². The number of fused-ring (bicyclic) bond motifs is 3. The van der Waals surface area contributed by atoms with Gasteiger partial charge in [-0.05, 0) is 12.5 Å². The molecular formula is C13H13NO6. The van der Waals surface area contributed by atoms with Crippen molar-refractivity contribution in [3.63, 3.8) is 0 Å². The van der Waals surface area contributed by atoms with Crippen LogP contribution in [0.15, 0.2) is 18.2 Å². The summed E-state index contributed by atoms with van der Waals surface area (Å²) in [6.45, 7) is 1.30. The quantitative estimate of drug-likeness (QED) is 0.464. The van der Waals surface area contributed by atoms with E-state index in [0.29, 0.717) is 19.0 Å². The molecule has 3 atom stereocenters. The molecule has 0 radical (unpaired) electrons. The minimum absolute atomic E-state index is 0.0465. The Labute approximate surface area is 114 Å². The number of benzene rings is 1. The molecule has 0 aromatic heterocycles. The third-order valence-electron chi connectivity index (χ3n) is 3.74. The molecule has 4 rings (SSSR count). The highest BCUT2D eigenvalue weighted by molar-refractivity contribution is 5.48. The van der Waals surface area contributed by atoms with Crippen LogP contribution in [0.5, 0.6) is 5.75 Å². The zero-order valence-corrected chi connectivity index (χ0v) is 10.6. The SMILES string of the molecule is O=[N+]([O-])c1ccc2c(c1)C1OC1C(C1OCCCO1)O2. The average molecular weight is 279 g/mol. The zero-order valence-electron chi connectivity index (χ0n) is 10.6. The molecule has 0 aliphatic carbocycles. The van der Waals surface area contributed by atoms with Gasteiger partial charge in [0.25, 0.3) is 5.69 Å². The van der Waals surface area contributed by atoms with E-state index in [-0.39, 0.29) is 24.0 Å². The largest absolute Gasteiger partial charge is 0.482 e. The van der Waals surface area contributed by atoms with E-state index in [2.05, 4.69) is 0 Å². The third-order valence-corrected chi connectivity index (χ3v) is 3.74. The molecule has 1 aromatic carbocycles. The van der Waals surface area contributed by atoms with Gasteiger partial charge in [-0.2, -0.15) is 0 Å². The van der Waals surface area contributed by atoms with E-state index < -0.39 is 11.2 Å². The average Bonchev–Trinajstić information content (AvgIpc) is 3.27. The molecule has 106 valence electrons. The minimum atomic E-state index is -0.429. The molecule has 3 unspecified atom stereocenters. The summed E-state index contributed by atoms with van der Waals surface area (Å²) in [6.07, 6.45) is -0.164. The summed E-state index contributed by atoms with van der Waals surface area (Å²) >= 11 is 0. The zero-order chi connectivity index (χ0) is 13.7. The fourth-order valence-corrected chi connectivity index (χ4v) is 2.72. The van der Waals surface area contributed by atoms with E-state index in [1.807, 2.05) is 0 Å². The number of epoxide rings is 1. The number of rotatable bonds is 2. The molecule has 3 aliphatic heterocycles. The number of nitrogens with zero attached hydrogens (tertiary/aromatic N) is 1. The van der Waals surface area contributed by atoms with E-state index in [0.717, 1.165) is 12.0 Å². The number of hydrogen-bond acceptors (Lipinski definition) is 6. The van der Waals surface area contributed by atoms with Crippen molar-refractivity contribution in [2.45, 2.75) is 31.0 Å². The number of ether oxygens (including phenoxy) is 4. The van der Waals surface area contributed by atoms with Crippen LogP contribution in [0.1, 0.15) is 18.1 Å². The monoisotopic (exact) mass is 279 g/mol. The van der Waals surface area contributed by atoms with Gasteiger partial charge in [0.2, 0.25) is 0 Å². The maximum atomic E-state index is 10.8. The molecule has 3 heterocycles. The second-order valence-corrected chi connectivity index (χ2v) is 5.05. The number of nitro groups is 1. The van der Waals surface area contributed by atoms with Crippen LogP contribution in [0.25, 0.3) is 0 Å². The maximum Gasteiger partial charge on any atom is 0.270 e. The van der Waals surface area contributed by atoms with Gasteiger partial charge < -0.3 is 18.9 Å². The van der Waals surface area contributed by atoms with E-state index in [1.165, 1.54) is 12.1 Å². The van der Waals surface area contributed by atoms with Gasteiger partial charge in [0.05, 0.1) is 18.1 Å². The highest BCUT2D eigenvalue weighted by Crippen LogP contribution is 2.51. The molecule has 2 saturated heterocycles. The van der Waals surface area contributed by atoms with Crippen molar-refractivity contribution in [3.8, 4) is 5.75 Å². The molecule has 0 N–H and O–H groups in total. The van der Waals surface area contributed by atoms with Crippen molar-refractivity contribution in [1.82, 2.24) is 0 Å². The molecule has 0 saturated carbocycles. The van der Waals surface area contributed by atoms with Gasteiger partial charge in [0.1, 0.15) is 18.0 Å². The minimum Gasteiger partial charge on any atom is -0.482 e. The van der Waals surface area contributed by atoms with Gasteiger partial charge in [0.15, 0.2) is 12.4 Å². The molecule has 7 heteroatoms. The lowest BCUT2D eigenvalue weighted by molar-refractivity contribution is -0.385. The van der Waals surface area contributed by atoms with Gasteiger partial charge in [0, 0.05) is 17.7 Å². The van der Waals surface area contributed by atoms with Crippen LogP contribution in [0, 0.1) is 10.1 Å². The number of non-ortho nitro benzene ring substituents is 1. The van der Waals surface area contributed by atoms with Gasteiger partial charge in [-0.25, -0.2) is 0 Å². The Morgan fingerprint density at radius 1 is 1.20 bits per heavy atom. The van der Waals surface area contributed by atoms with E-state index in [4.69, 9.17) is 18.9 Å². The Morgan fingerprint density at radius 2 is 2.00 bits per heavy atom. The van der Waals surface area contributed by atoms with Gasteiger partial charge in [-0.1, -0.05) is 0 Å². The van der Waals surface area contributed by atoms with Crippen LogP contribution < -0.4 is 4.74 Å². The first kappa shape index (κ1) is 12.1. The summed E-state index contributed by atoms with van der Waals surface area (Å²) < 4.78 is 22.6. The summed E-state index contributed by atoms with van der Waals surface area (Å²) in [6, 6.07) is 4.56. The van der Waals surface area contributed by atoms with Crippen LogP contribution in [-0.2, 0) is 14.2 Å². The second-order valence-electron chi connectivity index (χ2n) is 5.05. The fourth-order valence-electron chi connectivity index (χ4n) is 2.72. The smallest absolute Gasteiger partial charge is 0.270 e. The normalized spacial score (nSPS) is 31.9. The molecule has 7 nitrogen and oxygen atoms in total. The van der Waals surface area contributed by atoms with E-state index >= 15 is 0 Å². The molecule has 0 bridgehead atoms. The van der Waals surface area contributed by atoms with E-state index in [1.54, 1.807) is 6.07 Å². The fraction of sp³-hybridized carbons (Fsp3) is 0.538. The summed E-state index contributed by atoms with van der Waals surface area (Å²) in [5.74, 6) is 0.608. The van der Waals surface area contributed by atoms with Crippen LogP contribution in [0.4, 0.5) is 5.69 Å². The van der Waals surface area contributed by atoms with Crippen molar-refractivity contribution < 1.29 is 23.9 Å². The second kappa shape index (κ2) is 4.41. The Balaban J connectivity index is 1.61. The van der Waals surface area contributed by atoms with Crippen LogP contribution >= 0.6 is 0 Å². The van der Waals surface area contributed by atoms with Crippen molar-refractivity contribution in [3.05, 3.63) is 33.9 Å². The topological polar surface area (TPSA) is 83.4 Å². The van der Waals surface area contributed by atoms with Crippen molar-refractivity contribution in [2.75, 3.05) is 13.2 Å². The standard InChI is InChI=1S/C13H13NO6/c15-14(16)7-2-3-9-8(6-7)10-11(20-10)12(19-9)13-17-4-1-5-18-13/h2-3,6,10-13H,1,4-5H2. The lowest BCUT2D eigenvalue weighted by atomic mass is 10.0. The predicted octanol–water partition coefficient (Wildman–Crippen LogP) is 1.56. The van der Waals surface area contributed by atoms with Gasteiger partial charge in [-0.3, -0.25) is 10.1 Å². The molecule has 20 heavy (non-hydrogen) atoms. The molecule has 3 aliphatic rings. The lowest BCUT2D eigenvalue weighted by Crippen LogP contribution is -2.44. The molecular weight excluding hydrogens is 266 g/mol. The highest BCUT2D eigenvalue weighted by atomic mass is 16.7. The lowest BCUT2D eigenvalue weighted by Gasteiger charge is -2.32. The molecule has 2 fully saturated rings. The third kappa shape index (κ3) is 1.86. The number of hydrogen-bond donors (Lipinski definition) is 0. The van der Waals surface area contributed by atoms with Gasteiger partial charge in [-0.15, -0.1) is 0 Å². The maximum absolute atomic E-state index is 10.8. The molecule has 0 amide bonds. The number of nitro benzene ring substituents is 1. The Kier molecular flexibility index (Phi) is 2.66. The first-order valence-electron chi connectivity index (χ1n) is 6.58. The van der Waals surface area contributed by atoms with Crippen LogP contribution in [0.2, 0.25) is 0 Å². The summed E-state index contributed by atoms with van der Waals surface area (Å²) in [7, 11) is 0. The Bertz CT molecular complexity index is 556. The van der Waals surface area contributed by atoms with Crippen molar-refractivity contribution in [2.24, 2.45) is 0 Å². The molecule has 1 aromatic rings. The molecule has 0 spiro atoms. The van der Waals surface area contributed by atoms with Crippen molar-refractivity contribution in [1.29, 1.82) is 0 Å². The Morgan fingerprint density at radius 3 is 2.75 bits per heavy atom. The van der Waals surface area contributed by atoms with Crippen LogP contribution in [0.3, 0.4) is 0 Å². The van der Waals surface area contributed by atoms with Crippen LogP contribution in [-0.4, -0.2) is 36.6 Å². The first-order valence-corrected chi connectivity index (χ1v) is 6.58. The van der Waals surface area contributed by atoms with Gasteiger partial charge >= 0.3 is 0 Å². The predicted molar refractivity (Wildman–Crippen MR) is 65.4 cm³/mol.